The van der Waals surface area contributed by atoms with E-state index < -0.39 is 0 Å². The van der Waals surface area contributed by atoms with Gasteiger partial charge in [0, 0.05) is 24.0 Å². The average Bonchev–Trinajstić information content (AvgIpc) is 3.16. The highest BCUT2D eigenvalue weighted by Crippen LogP contribution is 2.26. The van der Waals surface area contributed by atoms with Crippen LogP contribution in [0.4, 0.5) is 0 Å². The van der Waals surface area contributed by atoms with Crippen LogP contribution in [0, 0.1) is 5.92 Å². The van der Waals surface area contributed by atoms with E-state index in [0.717, 1.165) is 49.6 Å². The number of nitrogens with zero attached hydrogens (tertiary/aromatic N) is 1. The SMILES string of the molecule is CC1CCC(NC(=O)c2ccccc2SCC(=O)N2CCCC2)CC1. The Morgan fingerprint density at radius 3 is 2.52 bits per heavy atom. The topological polar surface area (TPSA) is 49.4 Å². The molecule has 0 aromatic heterocycles. The molecule has 1 heterocycles. The molecule has 1 aromatic rings. The fraction of sp³-hybridized carbons (Fsp3) is 0.600. The van der Waals surface area contributed by atoms with Crippen LogP contribution in [0.3, 0.4) is 0 Å². The summed E-state index contributed by atoms with van der Waals surface area (Å²) in [6.45, 7) is 4.03. The quantitative estimate of drug-likeness (QED) is 0.815. The van der Waals surface area contributed by atoms with Crippen molar-refractivity contribution in [3.05, 3.63) is 29.8 Å². The number of amides is 2. The minimum absolute atomic E-state index is 0.00345. The van der Waals surface area contributed by atoms with Gasteiger partial charge < -0.3 is 10.2 Å². The lowest BCUT2D eigenvalue weighted by Crippen LogP contribution is -2.37. The number of likely N-dealkylation sites (tertiary alicyclic amines) is 1. The third-order valence-corrected chi connectivity index (χ3v) is 6.35. The summed E-state index contributed by atoms with van der Waals surface area (Å²) in [5, 5.41) is 3.19. The normalized spacial score (nSPS) is 23.5. The van der Waals surface area contributed by atoms with Gasteiger partial charge >= 0.3 is 0 Å². The second-order valence-corrected chi connectivity index (χ2v) is 8.32. The molecule has 1 aliphatic heterocycles. The first kappa shape index (κ1) is 18.3. The van der Waals surface area contributed by atoms with E-state index in [0.29, 0.717) is 11.3 Å². The highest BCUT2D eigenvalue weighted by Gasteiger charge is 2.22. The summed E-state index contributed by atoms with van der Waals surface area (Å²) in [4.78, 5) is 27.8. The van der Waals surface area contributed by atoms with E-state index in [1.165, 1.54) is 24.6 Å². The minimum Gasteiger partial charge on any atom is -0.349 e. The van der Waals surface area contributed by atoms with E-state index in [4.69, 9.17) is 0 Å². The van der Waals surface area contributed by atoms with Crippen molar-refractivity contribution >= 4 is 23.6 Å². The number of hydrogen-bond acceptors (Lipinski definition) is 3. The molecule has 1 aliphatic carbocycles. The fourth-order valence-corrected chi connectivity index (χ4v) is 4.60. The molecule has 25 heavy (non-hydrogen) atoms. The van der Waals surface area contributed by atoms with Crippen molar-refractivity contribution in [3.63, 3.8) is 0 Å². The Bertz CT molecular complexity index is 605. The number of hydrogen-bond donors (Lipinski definition) is 1. The van der Waals surface area contributed by atoms with Crippen LogP contribution in [0.2, 0.25) is 0 Å². The first-order chi connectivity index (χ1) is 12.1. The minimum atomic E-state index is -0.00345. The molecule has 0 atom stereocenters. The van der Waals surface area contributed by atoms with Crippen LogP contribution in [0.25, 0.3) is 0 Å². The lowest BCUT2D eigenvalue weighted by atomic mass is 9.87. The van der Waals surface area contributed by atoms with Gasteiger partial charge in [-0.25, -0.2) is 0 Å². The predicted molar refractivity (Wildman–Crippen MR) is 102 cm³/mol. The molecule has 4 nitrogen and oxygen atoms in total. The second kappa shape index (κ2) is 8.75. The van der Waals surface area contributed by atoms with Crippen molar-refractivity contribution in [1.29, 1.82) is 0 Å². The molecule has 1 saturated heterocycles. The fourth-order valence-electron chi connectivity index (χ4n) is 3.64. The zero-order valence-electron chi connectivity index (χ0n) is 15.0. The summed E-state index contributed by atoms with van der Waals surface area (Å²) in [6, 6.07) is 7.92. The standard InChI is InChI=1S/C20H28N2O2S/c1-15-8-10-16(11-9-15)21-20(24)17-6-2-3-7-18(17)25-14-19(23)22-12-4-5-13-22/h2-3,6-7,15-16H,4-5,8-14H2,1H3,(H,21,24). The molecule has 2 fully saturated rings. The Morgan fingerprint density at radius 1 is 1.12 bits per heavy atom. The van der Waals surface area contributed by atoms with Gasteiger partial charge in [-0.3, -0.25) is 9.59 Å². The summed E-state index contributed by atoms with van der Waals surface area (Å²) < 4.78 is 0. The van der Waals surface area contributed by atoms with Crippen molar-refractivity contribution < 1.29 is 9.59 Å². The van der Waals surface area contributed by atoms with Crippen LogP contribution in [0.5, 0.6) is 0 Å². The van der Waals surface area contributed by atoms with E-state index in [9.17, 15) is 9.59 Å². The van der Waals surface area contributed by atoms with E-state index in [1.54, 1.807) is 0 Å². The van der Waals surface area contributed by atoms with Crippen molar-refractivity contribution in [2.45, 2.75) is 56.4 Å². The summed E-state index contributed by atoms with van der Waals surface area (Å²) in [5.41, 5.74) is 0.695. The van der Waals surface area contributed by atoms with Gasteiger partial charge in [0.05, 0.1) is 11.3 Å². The van der Waals surface area contributed by atoms with Gasteiger partial charge in [-0.05, 0) is 56.6 Å². The lowest BCUT2D eigenvalue weighted by molar-refractivity contribution is -0.127. The van der Waals surface area contributed by atoms with Crippen LogP contribution in [-0.2, 0) is 4.79 Å². The Kier molecular flexibility index (Phi) is 6.40. The van der Waals surface area contributed by atoms with Gasteiger partial charge in [0.1, 0.15) is 0 Å². The van der Waals surface area contributed by atoms with Gasteiger partial charge in [0.15, 0.2) is 0 Å². The highest BCUT2D eigenvalue weighted by molar-refractivity contribution is 8.00. The molecule has 136 valence electrons. The molecule has 5 heteroatoms. The zero-order chi connectivity index (χ0) is 17.6. The molecule has 1 aromatic carbocycles. The van der Waals surface area contributed by atoms with E-state index in [2.05, 4.69) is 12.2 Å². The summed E-state index contributed by atoms with van der Waals surface area (Å²) in [7, 11) is 0. The molecule has 0 spiro atoms. The molecular weight excluding hydrogens is 332 g/mol. The largest absolute Gasteiger partial charge is 0.349 e. The van der Waals surface area contributed by atoms with Crippen LogP contribution >= 0.6 is 11.8 Å². The molecule has 2 amide bonds. The molecule has 1 N–H and O–H groups in total. The maximum atomic E-state index is 12.7. The molecule has 2 aliphatic rings. The maximum absolute atomic E-state index is 12.7. The van der Waals surface area contributed by atoms with Crippen LogP contribution in [-0.4, -0.2) is 41.6 Å². The Balaban J connectivity index is 1.58. The Morgan fingerprint density at radius 2 is 1.80 bits per heavy atom. The number of thioether (sulfide) groups is 1. The van der Waals surface area contributed by atoms with E-state index >= 15 is 0 Å². The highest BCUT2D eigenvalue weighted by atomic mass is 32.2. The lowest BCUT2D eigenvalue weighted by Gasteiger charge is -2.27. The van der Waals surface area contributed by atoms with Gasteiger partial charge in [-0.15, -0.1) is 11.8 Å². The van der Waals surface area contributed by atoms with Gasteiger partial charge in [-0.2, -0.15) is 0 Å². The van der Waals surface area contributed by atoms with Crippen molar-refractivity contribution in [2.75, 3.05) is 18.8 Å². The molecule has 0 unspecified atom stereocenters. The smallest absolute Gasteiger partial charge is 0.252 e. The molecule has 0 bridgehead atoms. The number of nitrogens with one attached hydrogen (secondary N) is 1. The van der Waals surface area contributed by atoms with Crippen LogP contribution in [0.15, 0.2) is 29.2 Å². The average molecular weight is 361 g/mol. The van der Waals surface area contributed by atoms with E-state index in [1.807, 2.05) is 29.2 Å². The summed E-state index contributed by atoms with van der Waals surface area (Å²) >= 11 is 1.48. The van der Waals surface area contributed by atoms with E-state index in [-0.39, 0.29) is 17.9 Å². The zero-order valence-corrected chi connectivity index (χ0v) is 15.8. The van der Waals surface area contributed by atoms with Crippen molar-refractivity contribution in [1.82, 2.24) is 10.2 Å². The summed E-state index contributed by atoms with van der Waals surface area (Å²) in [5.74, 6) is 1.36. The number of carbonyl (C=O) groups excluding carboxylic acids is 2. The second-order valence-electron chi connectivity index (χ2n) is 7.30. The third kappa shape index (κ3) is 5.00. The third-order valence-electron chi connectivity index (χ3n) is 5.29. The molecule has 1 saturated carbocycles. The van der Waals surface area contributed by atoms with Gasteiger partial charge in [0.2, 0.25) is 5.91 Å². The molecule has 0 radical (unpaired) electrons. The first-order valence-electron chi connectivity index (χ1n) is 9.44. The maximum Gasteiger partial charge on any atom is 0.252 e. The monoisotopic (exact) mass is 360 g/mol. The Hall–Kier alpha value is -1.49. The van der Waals surface area contributed by atoms with Crippen molar-refractivity contribution in [3.8, 4) is 0 Å². The number of benzene rings is 1. The molecular formula is C20H28N2O2S. The number of carbonyl (C=O) groups is 2. The molecule has 3 rings (SSSR count). The van der Waals surface area contributed by atoms with Crippen molar-refractivity contribution in [2.24, 2.45) is 5.92 Å². The number of rotatable bonds is 5. The Labute approximate surface area is 154 Å². The van der Waals surface area contributed by atoms with Crippen LogP contribution in [0.1, 0.15) is 55.8 Å². The van der Waals surface area contributed by atoms with Crippen LogP contribution < -0.4 is 5.32 Å². The predicted octanol–water partition coefficient (Wildman–Crippen LogP) is 3.71. The van der Waals surface area contributed by atoms with Gasteiger partial charge in [0.25, 0.3) is 5.91 Å². The first-order valence-corrected chi connectivity index (χ1v) is 10.4. The van der Waals surface area contributed by atoms with Gasteiger partial charge in [-0.1, -0.05) is 19.1 Å². The summed E-state index contributed by atoms with van der Waals surface area (Å²) in [6.07, 6.45) is 6.72.